The van der Waals surface area contributed by atoms with Crippen LogP contribution in [0.3, 0.4) is 0 Å². The standard InChI is InChI=1S/C24H28N6O2/c1-2-16-5-9-19(10-6-16)32-20-11-7-17(8-12-20)22(26)21(24(28)31)23(27)29-18-4-3-13-30(14-18)15-25/h5-12,18,26,29H,2-4,13-14,27H2,1H3,(H2,28,31)/b23-21+,26-22?. The average Bonchev–Trinajstić information content (AvgIpc) is 2.80. The summed E-state index contributed by atoms with van der Waals surface area (Å²) in [5.74, 6) is 0.586. The third kappa shape index (κ3) is 5.58. The smallest absolute Gasteiger partial charge is 0.254 e. The molecule has 0 saturated carbocycles. The number of hydrogen-bond donors (Lipinski definition) is 4. The lowest BCUT2D eigenvalue weighted by molar-refractivity contribution is -0.114. The third-order valence-corrected chi connectivity index (χ3v) is 5.40. The van der Waals surface area contributed by atoms with Crippen molar-refractivity contribution in [3.63, 3.8) is 0 Å². The molecular formula is C24H28N6O2. The van der Waals surface area contributed by atoms with E-state index in [0.717, 1.165) is 25.0 Å². The fourth-order valence-corrected chi connectivity index (χ4v) is 3.63. The molecule has 1 heterocycles. The first-order valence-electron chi connectivity index (χ1n) is 10.6. The zero-order valence-corrected chi connectivity index (χ0v) is 18.1. The number of carbonyl (C=O) groups excluding carboxylic acids is 1. The molecule has 1 atom stereocenters. The largest absolute Gasteiger partial charge is 0.457 e. The summed E-state index contributed by atoms with van der Waals surface area (Å²) in [7, 11) is 0. The van der Waals surface area contributed by atoms with Crippen molar-refractivity contribution in [2.75, 3.05) is 13.1 Å². The van der Waals surface area contributed by atoms with Gasteiger partial charge in [0.1, 0.15) is 22.9 Å². The van der Waals surface area contributed by atoms with E-state index in [0.29, 0.717) is 24.4 Å². The monoisotopic (exact) mass is 432 g/mol. The Morgan fingerprint density at radius 3 is 2.38 bits per heavy atom. The van der Waals surface area contributed by atoms with Crippen LogP contribution in [0.1, 0.15) is 30.9 Å². The van der Waals surface area contributed by atoms with Crippen molar-refractivity contribution < 1.29 is 9.53 Å². The Hall–Kier alpha value is -3.99. The molecule has 6 N–H and O–H groups in total. The molecule has 0 spiro atoms. The maximum atomic E-state index is 12.1. The van der Waals surface area contributed by atoms with Crippen molar-refractivity contribution in [3.8, 4) is 17.7 Å². The number of amides is 1. The first-order chi connectivity index (χ1) is 15.4. The summed E-state index contributed by atoms with van der Waals surface area (Å²) in [6, 6.07) is 14.6. The van der Waals surface area contributed by atoms with Gasteiger partial charge in [0, 0.05) is 24.7 Å². The van der Waals surface area contributed by atoms with Crippen LogP contribution >= 0.6 is 0 Å². The van der Waals surface area contributed by atoms with Gasteiger partial charge in [-0.25, -0.2) is 0 Å². The summed E-state index contributed by atoms with van der Waals surface area (Å²) < 4.78 is 5.85. The first-order valence-corrected chi connectivity index (χ1v) is 10.6. The van der Waals surface area contributed by atoms with Gasteiger partial charge in [0.25, 0.3) is 5.91 Å². The van der Waals surface area contributed by atoms with Crippen LogP contribution in [0, 0.1) is 16.9 Å². The summed E-state index contributed by atoms with van der Waals surface area (Å²) in [6.45, 7) is 3.28. The van der Waals surface area contributed by atoms with E-state index in [9.17, 15) is 4.79 Å². The molecule has 1 unspecified atom stereocenters. The van der Waals surface area contributed by atoms with E-state index in [4.69, 9.17) is 26.9 Å². The first kappa shape index (κ1) is 22.7. The third-order valence-electron chi connectivity index (χ3n) is 5.40. The van der Waals surface area contributed by atoms with Crippen molar-refractivity contribution in [1.29, 1.82) is 10.7 Å². The molecule has 0 bridgehead atoms. The molecule has 32 heavy (non-hydrogen) atoms. The van der Waals surface area contributed by atoms with Gasteiger partial charge in [-0.2, -0.15) is 5.26 Å². The number of aryl methyl sites for hydroxylation is 1. The number of nitrogens with zero attached hydrogens (tertiary/aromatic N) is 2. The predicted octanol–water partition coefficient (Wildman–Crippen LogP) is 2.60. The van der Waals surface area contributed by atoms with Crippen LogP contribution in [0.2, 0.25) is 0 Å². The molecule has 8 nitrogen and oxygen atoms in total. The molecule has 2 aromatic rings. The van der Waals surface area contributed by atoms with Crippen LogP contribution in [0.4, 0.5) is 0 Å². The second-order valence-electron chi connectivity index (χ2n) is 7.68. The van der Waals surface area contributed by atoms with E-state index in [1.165, 1.54) is 5.56 Å². The lowest BCUT2D eigenvalue weighted by Crippen LogP contribution is -2.46. The van der Waals surface area contributed by atoms with Gasteiger partial charge < -0.3 is 26.4 Å². The number of carbonyl (C=O) groups is 1. The maximum Gasteiger partial charge on any atom is 0.254 e. The summed E-state index contributed by atoms with van der Waals surface area (Å²) in [5.41, 5.74) is 13.2. The molecule has 2 aromatic carbocycles. The Kier molecular flexibility index (Phi) is 7.34. The Morgan fingerprint density at radius 2 is 1.81 bits per heavy atom. The van der Waals surface area contributed by atoms with Gasteiger partial charge in [0.2, 0.25) is 0 Å². The van der Waals surface area contributed by atoms with Crippen LogP contribution < -0.4 is 21.5 Å². The molecule has 8 heteroatoms. The van der Waals surface area contributed by atoms with E-state index in [-0.39, 0.29) is 23.1 Å². The molecular weight excluding hydrogens is 404 g/mol. The number of ether oxygens (including phenoxy) is 1. The Morgan fingerprint density at radius 1 is 1.19 bits per heavy atom. The van der Waals surface area contributed by atoms with Crippen molar-refractivity contribution in [3.05, 3.63) is 71.1 Å². The molecule has 0 aromatic heterocycles. The van der Waals surface area contributed by atoms with Crippen molar-refractivity contribution in [1.82, 2.24) is 10.2 Å². The number of nitriles is 1. The molecule has 0 radical (unpaired) electrons. The normalized spacial score (nSPS) is 16.5. The van der Waals surface area contributed by atoms with Gasteiger partial charge in [-0.15, -0.1) is 0 Å². The second-order valence-corrected chi connectivity index (χ2v) is 7.68. The fourth-order valence-electron chi connectivity index (χ4n) is 3.63. The number of likely N-dealkylation sites (tertiary alicyclic amines) is 1. The van der Waals surface area contributed by atoms with E-state index < -0.39 is 5.91 Å². The Balaban J connectivity index is 1.73. The summed E-state index contributed by atoms with van der Waals surface area (Å²) in [5, 5.41) is 20.7. The number of primary amides is 1. The molecule has 1 fully saturated rings. The van der Waals surface area contributed by atoms with E-state index >= 15 is 0 Å². The quantitative estimate of drug-likeness (QED) is 0.287. The fraction of sp³-hybridized carbons (Fsp3) is 0.292. The van der Waals surface area contributed by atoms with Crippen molar-refractivity contribution in [2.24, 2.45) is 11.5 Å². The maximum absolute atomic E-state index is 12.1. The lowest BCUT2D eigenvalue weighted by atomic mass is 10.0. The average molecular weight is 433 g/mol. The van der Waals surface area contributed by atoms with Crippen LogP contribution in [-0.2, 0) is 11.2 Å². The number of nitrogens with two attached hydrogens (primary N) is 2. The summed E-state index contributed by atoms with van der Waals surface area (Å²) >= 11 is 0. The topological polar surface area (TPSA) is 141 Å². The minimum Gasteiger partial charge on any atom is -0.457 e. The molecule has 1 aliphatic rings. The Labute approximate surface area is 188 Å². The van der Waals surface area contributed by atoms with Gasteiger partial charge >= 0.3 is 0 Å². The van der Waals surface area contributed by atoms with Gasteiger partial charge in [-0.1, -0.05) is 19.1 Å². The van der Waals surface area contributed by atoms with Gasteiger partial charge in [-0.05, 0) is 61.2 Å². The van der Waals surface area contributed by atoms with Crippen molar-refractivity contribution >= 4 is 11.6 Å². The van der Waals surface area contributed by atoms with Gasteiger partial charge in [-0.3, -0.25) is 10.2 Å². The van der Waals surface area contributed by atoms with Crippen molar-refractivity contribution in [2.45, 2.75) is 32.2 Å². The highest BCUT2D eigenvalue weighted by Crippen LogP contribution is 2.23. The van der Waals surface area contributed by atoms with Crippen LogP contribution in [-0.4, -0.2) is 35.7 Å². The zero-order valence-electron chi connectivity index (χ0n) is 18.1. The number of nitrogens with one attached hydrogen (secondary N) is 2. The van der Waals surface area contributed by atoms with E-state index in [2.05, 4.69) is 18.4 Å². The van der Waals surface area contributed by atoms with E-state index in [1.54, 1.807) is 29.2 Å². The zero-order chi connectivity index (χ0) is 23.1. The highest BCUT2D eigenvalue weighted by Gasteiger charge is 2.23. The van der Waals surface area contributed by atoms with Gasteiger partial charge in [0.05, 0.1) is 5.71 Å². The lowest BCUT2D eigenvalue weighted by Gasteiger charge is -2.30. The minimum absolute atomic E-state index is 0.0450. The predicted molar refractivity (Wildman–Crippen MR) is 123 cm³/mol. The molecule has 1 amide bonds. The highest BCUT2D eigenvalue weighted by molar-refractivity contribution is 6.26. The van der Waals surface area contributed by atoms with Crippen LogP contribution in [0.25, 0.3) is 0 Å². The number of benzene rings is 2. The molecule has 166 valence electrons. The molecule has 3 rings (SSSR count). The molecule has 1 aliphatic heterocycles. The molecule has 0 aliphatic carbocycles. The molecule has 1 saturated heterocycles. The minimum atomic E-state index is -0.788. The number of rotatable bonds is 8. The highest BCUT2D eigenvalue weighted by atomic mass is 16.5. The second kappa shape index (κ2) is 10.4. The number of piperidine rings is 1. The van der Waals surface area contributed by atoms with Crippen LogP contribution in [0.15, 0.2) is 59.9 Å². The van der Waals surface area contributed by atoms with Gasteiger partial charge in [0.15, 0.2) is 6.19 Å². The number of hydrogen-bond acceptors (Lipinski definition) is 7. The Bertz CT molecular complexity index is 1040. The summed E-state index contributed by atoms with van der Waals surface area (Å²) in [6.07, 6.45) is 4.73. The van der Waals surface area contributed by atoms with Crippen LogP contribution in [0.5, 0.6) is 11.5 Å². The summed E-state index contributed by atoms with van der Waals surface area (Å²) in [4.78, 5) is 13.7. The van der Waals surface area contributed by atoms with E-state index in [1.807, 2.05) is 24.3 Å². The SMILES string of the molecule is CCc1ccc(Oc2ccc(C(=N)/C(C(N)=O)=C(/N)NC3CCCN(C#N)C3)cc2)cc1.